The van der Waals surface area contributed by atoms with Crippen molar-refractivity contribution < 1.29 is 0 Å². The first-order chi connectivity index (χ1) is 7.59. The van der Waals surface area contributed by atoms with Crippen molar-refractivity contribution in [2.45, 2.75) is 46.1 Å². The third-order valence-corrected chi connectivity index (χ3v) is 3.72. The third-order valence-electron chi connectivity index (χ3n) is 3.72. The molecule has 1 nitrogen and oxygen atoms in total. The maximum atomic E-state index is 3.52. The summed E-state index contributed by atoms with van der Waals surface area (Å²) in [6.07, 6.45) is 0. The Kier molecular flexibility index (Phi) is 3.34. The van der Waals surface area contributed by atoms with Crippen molar-refractivity contribution in [3.05, 3.63) is 34.9 Å². The van der Waals surface area contributed by atoms with Gasteiger partial charge in [-0.25, -0.2) is 0 Å². The molecule has 1 atom stereocenters. The highest BCUT2D eigenvalue weighted by Crippen LogP contribution is 2.32. The molecule has 88 valence electrons. The van der Waals surface area contributed by atoms with Crippen LogP contribution in [-0.2, 0) is 6.54 Å². The van der Waals surface area contributed by atoms with Crippen molar-refractivity contribution in [3.63, 3.8) is 0 Å². The van der Waals surface area contributed by atoms with E-state index in [1.807, 2.05) is 0 Å². The van der Waals surface area contributed by atoms with E-state index < -0.39 is 0 Å². The standard InChI is InChI=1S/C15H23N/c1-10(2)12-5-6-13-8-16-9-15(11(3)4)14(13)7-12/h5-7,10-11,15-16H,8-9H2,1-4H3. The summed E-state index contributed by atoms with van der Waals surface area (Å²) in [6, 6.07) is 7.03. The zero-order chi connectivity index (χ0) is 11.7. The van der Waals surface area contributed by atoms with Crippen LogP contribution in [0.5, 0.6) is 0 Å². The van der Waals surface area contributed by atoms with E-state index in [4.69, 9.17) is 0 Å². The highest BCUT2D eigenvalue weighted by Gasteiger charge is 2.22. The van der Waals surface area contributed by atoms with Crippen molar-refractivity contribution in [2.24, 2.45) is 5.92 Å². The lowest BCUT2D eigenvalue weighted by atomic mass is 9.81. The molecule has 2 rings (SSSR count). The second-order valence-corrected chi connectivity index (χ2v) is 5.59. The van der Waals surface area contributed by atoms with E-state index in [0.29, 0.717) is 17.8 Å². The fraction of sp³-hybridized carbons (Fsp3) is 0.600. The van der Waals surface area contributed by atoms with Crippen LogP contribution in [0.1, 0.15) is 56.2 Å². The summed E-state index contributed by atoms with van der Waals surface area (Å²) in [6.45, 7) is 11.4. The van der Waals surface area contributed by atoms with Crippen molar-refractivity contribution in [1.82, 2.24) is 5.32 Å². The maximum Gasteiger partial charge on any atom is 0.0208 e. The fourth-order valence-electron chi connectivity index (χ4n) is 2.55. The van der Waals surface area contributed by atoms with Gasteiger partial charge in [-0.2, -0.15) is 0 Å². The number of benzene rings is 1. The number of hydrogen-bond donors (Lipinski definition) is 1. The molecule has 1 aliphatic heterocycles. The van der Waals surface area contributed by atoms with E-state index in [1.165, 1.54) is 11.1 Å². The molecule has 0 saturated carbocycles. The number of fused-ring (bicyclic) bond motifs is 1. The van der Waals surface area contributed by atoms with Gasteiger partial charge in [-0.05, 0) is 34.4 Å². The molecule has 1 unspecified atom stereocenters. The Morgan fingerprint density at radius 2 is 1.94 bits per heavy atom. The highest BCUT2D eigenvalue weighted by molar-refractivity contribution is 5.38. The van der Waals surface area contributed by atoms with Crippen LogP contribution in [0, 0.1) is 5.92 Å². The van der Waals surface area contributed by atoms with Gasteiger partial charge in [0.05, 0.1) is 0 Å². The van der Waals surface area contributed by atoms with Gasteiger partial charge >= 0.3 is 0 Å². The summed E-state index contributed by atoms with van der Waals surface area (Å²) in [7, 11) is 0. The topological polar surface area (TPSA) is 12.0 Å². The molecule has 0 bridgehead atoms. The van der Waals surface area contributed by atoms with Gasteiger partial charge in [0.15, 0.2) is 0 Å². The first-order valence-electron chi connectivity index (χ1n) is 6.43. The van der Waals surface area contributed by atoms with Gasteiger partial charge in [0.2, 0.25) is 0 Å². The first-order valence-corrected chi connectivity index (χ1v) is 6.43. The Bertz CT molecular complexity index is 366. The molecule has 0 aliphatic carbocycles. The summed E-state index contributed by atoms with van der Waals surface area (Å²) in [4.78, 5) is 0. The summed E-state index contributed by atoms with van der Waals surface area (Å²) in [5, 5.41) is 3.52. The molecule has 1 heterocycles. The Morgan fingerprint density at radius 1 is 1.19 bits per heavy atom. The van der Waals surface area contributed by atoms with Crippen LogP contribution in [0.2, 0.25) is 0 Å². The Hall–Kier alpha value is -0.820. The van der Waals surface area contributed by atoms with Crippen LogP contribution in [0.15, 0.2) is 18.2 Å². The zero-order valence-corrected chi connectivity index (χ0v) is 10.9. The van der Waals surface area contributed by atoms with E-state index in [9.17, 15) is 0 Å². The fourth-order valence-corrected chi connectivity index (χ4v) is 2.55. The van der Waals surface area contributed by atoms with Gasteiger partial charge in [0.25, 0.3) is 0 Å². The number of nitrogens with one attached hydrogen (secondary N) is 1. The van der Waals surface area contributed by atoms with Crippen molar-refractivity contribution in [3.8, 4) is 0 Å². The van der Waals surface area contributed by atoms with Gasteiger partial charge in [-0.1, -0.05) is 45.9 Å². The van der Waals surface area contributed by atoms with Crippen molar-refractivity contribution in [2.75, 3.05) is 6.54 Å². The van der Waals surface area contributed by atoms with Gasteiger partial charge in [-0.15, -0.1) is 0 Å². The quantitative estimate of drug-likeness (QED) is 0.797. The molecule has 0 fully saturated rings. The van der Waals surface area contributed by atoms with Gasteiger partial charge in [0.1, 0.15) is 0 Å². The lowest BCUT2D eigenvalue weighted by Gasteiger charge is -2.30. The molecule has 0 saturated heterocycles. The molecule has 1 aromatic rings. The summed E-state index contributed by atoms with van der Waals surface area (Å²) < 4.78 is 0. The molecular formula is C15H23N. The van der Waals surface area contributed by atoms with Crippen LogP contribution in [0.4, 0.5) is 0 Å². The molecular weight excluding hydrogens is 194 g/mol. The van der Waals surface area contributed by atoms with Gasteiger partial charge in [0, 0.05) is 13.1 Å². The molecule has 1 N–H and O–H groups in total. The molecule has 0 aromatic heterocycles. The average Bonchev–Trinajstić information content (AvgIpc) is 2.27. The second-order valence-electron chi connectivity index (χ2n) is 5.59. The summed E-state index contributed by atoms with van der Waals surface area (Å²) in [5.74, 6) is 2.03. The normalized spacial score (nSPS) is 20.2. The average molecular weight is 217 g/mol. The molecule has 1 aliphatic rings. The molecule has 0 amide bonds. The largest absolute Gasteiger partial charge is 0.312 e. The van der Waals surface area contributed by atoms with Gasteiger partial charge in [-0.3, -0.25) is 0 Å². The minimum atomic E-state index is 0.632. The Balaban J connectivity index is 2.40. The molecule has 1 aromatic carbocycles. The zero-order valence-electron chi connectivity index (χ0n) is 10.9. The van der Waals surface area contributed by atoms with Gasteiger partial charge < -0.3 is 5.32 Å². The lowest BCUT2D eigenvalue weighted by Crippen LogP contribution is -2.30. The number of hydrogen-bond acceptors (Lipinski definition) is 1. The van der Waals surface area contributed by atoms with Crippen molar-refractivity contribution >= 4 is 0 Å². The van der Waals surface area contributed by atoms with E-state index in [-0.39, 0.29) is 0 Å². The SMILES string of the molecule is CC(C)c1ccc2c(c1)C(C(C)C)CNC2. The molecule has 0 spiro atoms. The van der Waals surface area contributed by atoms with E-state index in [2.05, 4.69) is 51.2 Å². The van der Waals surface area contributed by atoms with E-state index in [1.54, 1.807) is 5.56 Å². The molecule has 16 heavy (non-hydrogen) atoms. The van der Waals surface area contributed by atoms with Crippen LogP contribution < -0.4 is 5.32 Å². The predicted molar refractivity (Wildman–Crippen MR) is 69.8 cm³/mol. The van der Waals surface area contributed by atoms with Crippen LogP contribution in [-0.4, -0.2) is 6.54 Å². The summed E-state index contributed by atoms with van der Waals surface area (Å²) >= 11 is 0. The second kappa shape index (κ2) is 4.58. The number of rotatable bonds is 2. The van der Waals surface area contributed by atoms with E-state index in [0.717, 1.165) is 13.1 Å². The van der Waals surface area contributed by atoms with Crippen LogP contribution >= 0.6 is 0 Å². The smallest absolute Gasteiger partial charge is 0.0208 e. The Morgan fingerprint density at radius 3 is 2.56 bits per heavy atom. The monoisotopic (exact) mass is 217 g/mol. The van der Waals surface area contributed by atoms with Crippen molar-refractivity contribution in [1.29, 1.82) is 0 Å². The first kappa shape index (κ1) is 11.7. The molecule has 0 radical (unpaired) electrons. The Labute approximate surface area is 99.3 Å². The third kappa shape index (κ3) is 2.15. The predicted octanol–water partition coefficient (Wildman–Crippen LogP) is 3.65. The molecule has 1 heteroatoms. The minimum Gasteiger partial charge on any atom is -0.312 e. The van der Waals surface area contributed by atoms with E-state index >= 15 is 0 Å². The highest BCUT2D eigenvalue weighted by atomic mass is 14.9. The minimum absolute atomic E-state index is 0.632. The summed E-state index contributed by atoms with van der Waals surface area (Å²) in [5.41, 5.74) is 4.56. The van der Waals surface area contributed by atoms with Crippen LogP contribution in [0.25, 0.3) is 0 Å². The lowest BCUT2D eigenvalue weighted by molar-refractivity contribution is 0.435. The maximum absolute atomic E-state index is 3.52. The van der Waals surface area contributed by atoms with Crippen LogP contribution in [0.3, 0.4) is 0 Å².